The first-order valence-electron chi connectivity index (χ1n) is 11.6. The van der Waals surface area contributed by atoms with Crippen molar-refractivity contribution in [1.29, 1.82) is 0 Å². The van der Waals surface area contributed by atoms with E-state index in [0.29, 0.717) is 28.9 Å². The molecule has 3 rings (SSSR count). The molecule has 0 N–H and O–H groups in total. The van der Waals surface area contributed by atoms with Gasteiger partial charge in [0.15, 0.2) is 0 Å². The summed E-state index contributed by atoms with van der Waals surface area (Å²) < 4.78 is 50.8. The van der Waals surface area contributed by atoms with Gasteiger partial charge in [-0.15, -0.1) is 0 Å². The van der Waals surface area contributed by atoms with Gasteiger partial charge in [0.25, 0.3) is 0 Å². The molecule has 0 saturated carbocycles. The molecule has 2 aromatic carbocycles. The minimum atomic E-state index is -3.82. The minimum absolute atomic E-state index is 0.0198. The topological polar surface area (TPSA) is 91.4 Å². The van der Waals surface area contributed by atoms with E-state index in [0.717, 1.165) is 11.1 Å². The molecule has 0 radical (unpaired) electrons. The molecule has 0 aliphatic carbocycles. The number of hydrogen-bond acceptors (Lipinski definition) is 7. The number of hydrogen-bond donors (Lipinski definition) is 0. The maximum atomic E-state index is 14.0. The molecule has 0 amide bonds. The van der Waals surface area contributed by atoms with Crippen LogP contribution >= 0.6 is 0 Å². The van der Waals surface area contributed by atoms with Crippen LogP contribution in [0.1, 0.15) is 22.7 Å². The standard InChI is InChI=1S/C26H35NO7SSi/c1-31-21-9-8-18-15-24(26(28)34-4)25(19-12-22(32-2)16-23(13-19)33-3)27(17-20(18)14-21)35(29,30)10-11-36(5,6)7/h8-9,12-16,25H,10-11,17H2,1-7H3. The second kappa shape index (κ2) is 11.1. The highest BCUT2D eigenvalue weighted by Crippen LogP contribution is 2.41. The van der Waals surface area contributed by atoms with Crippen LogP contribution in [0, 0.1) is 0 Å². The van der Waals surface area contributed by atoms with Gasteiger partial charge in [-0.3, -0.25) is 0 Å². The van der Waals surface area contributed by atoms with Gasteiger partial charge in [0.1, 0.15) is 17.2 Å². The number of nitrogens with zero attached hydrogens (tertiary/aromatic N) is 1. The summed E-state index contributed by atoms with van der Waals surface area (Å²) >= 11 is 0. The minimum Gasteiger partial charge on any atom is -0.497 e. The second-order valence-corrected chi connectivity index (χ2v) is 17.5. The maximum Gasteiger partial charge on any atom is 0.335 e. The van der Waals surface area contributed by atoms with Crippen molar-refractivity contribution < 1.29 is 32.2 Å². The van der Waals surface area contributed by atoms with Crippen LogP contribution in [0.25, 0.3) is 6.08 Å². The number of carbonyl (C=O) groups excluding carboxylic acids is 1. The lowest BCUT2D eigenvalue weighted by atomic mass is 9.97. The lowest BCUT2D eigenvalue weighted by molar-refractivity contribution is -0.136. The van der Waals surface area contributed by atoms with E-state index >= 15 is 0 Å². The fraction of sp³-hybridized carbons (Fsp3) is 0.423. The summed E-state index contributed by atoms with van der Waals surface area (Å²) in [6.45, 7) is 6.46. The Morgan fingerprint density at radius 3 is 2.08 bits per heavy atom. The fourth-order valence-corrected chi connectivity index (χ4v) is 8.69. The van der Waals surface area contributed by atoms with Crippen molar-refractivity contribution in [3.8, 4) is 17.2 Å². The first kappa shape index (κ1) is 27.8. The van der Waals surface area contributed by atoms with Gasteiger partial charge in [0.2, 0.25) is 10.0 Å². The Morgan fingerprint density at radius 1 is 0.944 bits per heavy atom. The molecule has 2 aromatic rings. The Kier molecular flexibility index (Phi) is 8.53. The van der Waals surface area contributed by atoms with E-state index in [2.05, 4.69) is 19.6 Å². The summed E-state index contributed by atoms with van der Waals surface area (Å²) in [7, 11) is 0.393. The Morgan fingerprint density at radius 2 is 1.56 bits per heavy atom. The third kappa shape index (κ3) is 6.29. The summed E-state index contributed by atoms with van der Waals surface area (Å²) in [6.07, 6.45) is 1.70. The van der Waals surface area contributed by atoms with Gasteiger partial charge in [-0.05, 0) is 53.1 Å². The number of carbonyl (C=O) groups is 1. The molecule has 0 fully saturated rings. The Balaban J connectivity index is 2.30. The summed E-state index contributed by atoms with van der Waals surface area (Å²) in [5.41, 5.74) is 2.19. The zero-order valence-electron chi connectivity index (χ0n) is 22.0. The predicted octanol–water partition coefficient (Wildman–Crippen LogP) is 4.49. The number of ether oxygens (including phenoxy) is 4. The summed E-state index contributed by atoms with van der Waals surface area (Å²) in [5, 5.41) is 0. The lowest BCUT2D eigenvalue weighted by Gasteiger charge is -2.32. The van der Waals surface area contributed by atoms with Crippen LogP contribution < -0.4 is 14.2 Å². The smallest absolute Gasteiger partial charge is 0.335 e. The number of methoxy groups -OCH3 is 4. The van der Waals surface area contributed by atoms with Crippen LogP contribution in [0.3, 0.4) is 0 Å². The normalized spacial score (nSPS) is 16.4. The zero-order chi connectivity index (χ0) is 26.7. The Labute approximate surface area is 214 Å². The van der Waals surface area contributed by atoms with Crippen molar-refractivity contribution in [2.24, 2.45) is 0 Å². The monoisotopic (exact) mass is 533 g/mol. The molecule has 1 heterocycles. The van der Waals surface area contributed by atoms with Crippen molar-refractivity contribution in [2.45, 2.75) is 38.3 Å². The summed E-state index contributed by atoms with van der Waals surface area (Å²) in [4.78, 5) is 13.1. The summed E-state index contributed by atoms with van der Waals surface area (Å²) in [6, 6.07) is 10.2. The third-order valence-electron chi connectivity index (χ3n) is 6.15. The van der Waals surface area contributed by atoms with Crippen molar-refractivity contribution in [1.82, 2.24) is 4.31 Å². The number of fused-ring (bicyclic) bond motifs is 1. The molecule has 1 aliphatic rings. The fourth-order valence-electron chi connectivity index (χ4n) is 4.08. The quantitative estimate of drug-likeness (QED) is 0.346. The summed E-state index contributed by atoms with van der Waals surface area (Å²) in [5.74, 6) is 0.931. The molecular weight excluding hydrogens is 498 g/mol. The highest BCUT2D eigenvalue weighted by Gasteiger charge is 2.39. The maximum absolute atomic E-state index is 14.0. The van der Waals surface area contributed by atoms with Gasteiger partial charge < -0.3 is 18.9 Å². The first-order valence-corrected chi connectivity index (χ1v) is 16.9. The van der Waals surface area contributed by atoms with Gasteiger partial charge in [0.05, 0.1) is 45.8 Å². The molecule has 0 saturated heterocycles. The van der Waals surface area contributed by atoms with E-state index in [1.165, 1.54) is 25.6 Å². The molecule has 36 heavy (non-hydrogen) atoms. The van der Waals surface area contributed by atoms with E-state index in [-0.39, 0.29) is 17.9 Å². The van der Waals surface area contributed by atoms with Crippen molar-refractivity contribution in [3.05, 3.63) is 58.7 Å². The highest BCUT2D eigenvalue weighted by atomic mass is 32.2. The van der Waals surface area contributed by atoms with Crippen molar-refractivity contribution in [2.75, 3.05) is 34.2 Å². The van der Waals surface area contributed by atoms with E-state index in [1.807, 2.05) is 6.07 Å². The Hall–Kier alpha value is -2.82. The van der Waals surface area contributed by atoms with Crippen LogP contribution in [-0.2, 0) is 26.1 Å². The van der Waals surface area contributed by atoms with Crippen LogP contribution in [0.15, 0.2) is 42.0 Å². The lowest BCUT2D eigenvalue weighted by Crippen LogP contribution is -2.39. The molecule has 0 aromatic heterocycles. The zero-order valence-corrected chi connectivity index (χ0v) is 23.8. The molecule has 8 nitrogen and oxygen atoms in total. The molecule has 1 atom stereocenters. The molecule has 10 heteroatoms. The van der Waals surface area contributed by atoms with Crippen LogP contribution in [0.4, 0.5) is 0 Å². The van der Waals surface area contributed by atoms with E-state index in [4.69, 9.17) is 18.9 Å². The number of benzene rings is 2. The average Bonchev–Trinajstić information content (AvgIpc) is 3.03. The molecule has 0 spiro atoms. The molecule has 1 unspecified atom stereocenters. The van der Waals surface area contributed by atoms with Gasteiger partial charge in [-0.2, -0.15) is 4.31 Å². The predicted molar refractivity (Wildman–Crippen MR) is 143 cm³/mol. The van der Waals surface area contributed by atoms with Crippen LogP contribution in [0.5, 0.6) is 17.2 Å². The van der Waals surface area contributed by atoms with Crippen molar-refractivity contribution >= 4 is 30.1 Å². The van der Waals surface area contributed by atoms with Gasteiger partial charge in [-0.1, -0.05) is 25.7 Å². The largest absolute Gasteiger partial charge is 0.497 e. The number of rotatable bonds is 9. The first-order chi connectivity index (χ1) is 16.9. The van der Waals surface area contributed by atoms with E-state index in [1.54, 1.807) is 43.5 Å². The van der Waals surface area contributed by atoms with Crippen molar-refractivity contribution in [3.63, 3.8) is 0 Å². The van der Waals surface area contributed by atoms with Gasteiger partial charge in [0, 0.05) is 20.7 Å². The van der Waals surface area contributed by atoms with E-state index in [9.17, 15) is 13.2 Å². The van der Waals surface area contributed by atoms with Gasteiger partial charge >= 0.3 is 5.97 Å². The number of esters is 1. The Bertz CT molecular complexity index is 1230. The van der Waals surface area contributed by atoms with Crippen LogP contribution in [0.2, 0.25) is 25.7 Å². The van der Waals surface area contributed by atoms with Crippen LogP contribution in [-0.4, -0.2) is 61.0 Å². The third-order valence-corrected chi connectivity index (χ3v) is 10.0. The molecular formula is C26H35NO7SSi. The molecule has 1 aliphatic heterocycles. The number of sulfonamides is 1. The van der Waals surface area contributed by atoms with E-state index < -0.39 is 30.1 Å². The molecule has 196 valence electrons. The van der Waals surface area contributed by atoms with Gasteiger partial charge in [-0.25, -0.2) is 13.2 Å². The SMILES string of the molecule is COC(=O)C1=Cc2ccc(OC)cc2CN(S(=O)(=O)CC[Si](C)(C)C)C1c1cc(OC)cc(OC)c1. The highest BCUT2D eigenvalue weighted by molar-refractivity contribution is 7.89. The second-order valence-electron chi connectivity index (χ2n) is 9.88. The molecule has 0 bridgehead atoms. The average molecular weight is 534 g/mol.